The summed E-state index contributed by atoms with van der Waals surface area (Å²) in [6, 6.07) is 8.63. The fourth-order valence-corrected chi connectivity index (χ4v) is 4.82. The molecule has 0 radical (unpaired) electrons. The predicted molar refractivity (Wildman–Crippen MR) is 90.2 cm³/mol. The summed E-state index contributed by atoms with van der Waals surface area (Å²) in [7, 11) is 0. The third-order valence-electron chi connectivity index (χ3n) is 4.74. The second kappa shape index (κ2) is 6.35. The molecule has 5 nitrogen and oxygen atoms in total. The van der Waals surface area contributed by atoms with Gasteiger partial charge in [-0.25, -0.2) is 9.67 Å². The fourth-order valence-electron chi connectivity index (χ4n) is 3.54. The average Bonchev–Trinajstić information content (AvgIpc) is 3.15. The van der Waals surface area contributed by atoms with Crippen LogP contribution in [-0.4, -0.2) is 44.4 Å². The van der Waals surface area contributed by atoms with Gasteiger partial charge in [0.25, 0.3) is 0 Å². The van der Waals surface area contributed by atoms with Crippen molar-refractivity contribution < 1.29 is 4.79 Å². The fraction of sp³-hybridized carbons (Fsp3) is 0.471. The Bertz CT molecular complexity index is 688. The first-order valence-electron chi connectivity index (χ1n) is 8.15. The minimum atomic E-state index is -0.0468. The van der Waals surface area contributed by atoms with E-state index in [9.17, 15) is 4.79 Å². The van der Waals surface area contributed by atoms with E-state index in [0.717, 1.165) is 38.1 Å². The van der Waals surface area contributed by atoms with Crippen molar-refractivity contribution in [2.45, 2.75) is 30.6 Å². The van der Waals surface area contributed by atoms with Crippen LogP contribution in [0.3, 0.4) is 0 Å². The van der Waals surface area contributed by atoms with Crippen LogP contribution in [0, 0.1) is 0 Å². The number of fused-ring (bicyclic) bond motifs is 1. The summed E-state index contributed by atoms with van der Waals surface area (Å²) >= 11 is 1.78. The van der Waals surface area contributed by atoms with Gasteiger partial charge < -0.3 is 4.90 Å². The first-order valence-corrected chi connectivity index (χ1v) is 9.20. The third-order valence-corrected chi connectivity index (χ3v) is 5.97. The molecule has 4 rings (SSSR count). The summed E-state index contributed by atoms with van der Waals surface area (Å²) in [5.74, 6) is 1.28. The summed E-state index contributed by atoms with van der Waals surface area (Å²) in [4.78, 5) is 19.1. The van der Waals surface area contributed by atoms with Crippen LogP contribution < -0.4 is 0 Å². The molecule has 2 atom stereocenters. The number of carbonyl (C=O) groups is 1. The number of benzene rings is 1. The molecule has 0 aliphatic carbocycles. The highest BCUT2D eigenvalue weighted by atomic mass is 32.2. The molecule has 1 aromatic heterocycles. The van der Waals surface area contributed by atoms with Crippen LogP contribution in [0.4, 0.5) is 0 Å². The molecule has 2 aliphatic heterocycles. The number of hydrogen-bond acceptors (Lipinski definition) is 4. The molecule has 23 heavy (non-hydrogen) atoms. The molecule has 0 N–H and O–H groups in total. The number of aryl methyl sites for hydroxylation is 1. The van der Waals surface area contributed by atoms with Crippen LogP contribution in [0.1, 0.15) is 35.3 Å². The molecule has 0 saturated carbocycles. The lowest BCUT2D eigenvalue weighted by Crippen LogP contribution is -2.43. The van der Waals surface area contributed by atoms with Crippen LogP contribution in [-0.2, 0) is 11.2 Å². The second-order valence-corrected chi connectivity index (χ2v) is 7.37. The maximum atomic E-state index is 13.1. The van der Waals surface area contributed by atoms with E-state index in [2.05, 4.69) is 28.3 Å². The van der Waals surface area contributed by atoms with E-state index in [1.165, 1.54) is 11.1 Å². The van der Waals surface area contributed by atoms with Crippen molar-refractivity contribution in [3.63, 3.8) is 0 Å². The monoisotopic (exact) mass is 328 g/mol. The van der Waals surface area contributed by atoms with Gasteiger partial charge in [-0.3, -0.25) is 4.79 Å². The van der Waals surface area contributed by atoms with Crippen LogP contribution in [0.5, 0.6) is 0 Å². The lowest BCUT2D eigenvalue weighted by molar-refractivity contribution is -0.132. The summed E-state index contributed by atoms with van der Waals surface area (Å²) < 4.78 is 1.89. The Morgan fingerprint density at radius 2 is 2.22 bits per heavy atom. The largest absolute Gasteiger partial charge is 0.339 e. The van der Waals surface area contributed by atoms with E-state index >= 15 is 0 Å². The summed E-state index contributed by atoms with van der Waals surface area (Å²) in [6.45, 7) is 1.59. The molecule has 2 aliphatic rings. The molecule has 3 heterocycles. The van der Waals surface area contributed by atoms with Crippen molar-refractivity contribution in [2.24, 2.45) is 0 Å². The first kappa shape index (κ1) is 14.8. The van der Waals surface area contributed by atoms with Crippen LogP contribution in [0.25, 0.3) is 0 Å². The number of aromatic nitrogens is 3. The molecule has 1 saturated heterocycles. The zero-order chi connectivity index (χ0) is 15.6. The van der Waals surface area contributed by atoms with Crippen molar-refractivity contribution in [1.29, 1.82) is 0 Å². The van der Waals surface area contributed by atoms with E-state index in [1.807, 2.05) is 15.6 Å². The smallest absolute Gasteiger partial charge is 0.240 e. The van der Waals surface area contributed by atoms with E-state index in [1.54, 1.807) is 24.4 Å². The van der Waals surface area contributed by atoms with E-state index in [0.29, 0.717) is 0 Å². The topological polar surface area (TPSA) is 51.0 Å². The van der Waals surface area contributed by atoms with Gasteiger partial charge in [-0.05, 0) is 36.1 Å². The minimum Gasteiger partial charge on any atom is -0.339 e. The number of carbonyl (C=O) groups excluding carboxylic acids is 1. The Labute approximate surface area is 140 Å². The standard InChI is InChI=1S/C17H20N4OS/c22-17(16-15-6-2-1-4-13(15)7-9-23-16)20-8-3-5-14(10-20)21-12-18-11-19-21/h1-2,4,6,11-12,14,16H,3,5,7-10H2/t14-,16-/m0/s1. The van der Waals surface area contributed by atoms with Crippen molar-refractivity contribution in [3.8, 4) is 0 Å². The van der Waals surface area contributed by atoms with Crippen molar-refractivity contribution >= 4 is 17.7 Å². The molecule has 6 heteroatoms. The van der Waals surface area contributed by atoms with E-state index in [4.69, 9.17) is 0 Å². The number of piperidine rings is 1. The lowest BCUT2D eigenvalue weighted by Gasteiger charge is -2.36. The zero-order valence-corrected chi connectivity index (χ0v) is 13.8. The predicted octanol–water partition coefficient (Wildman–Crippen LogP) is 2.47. The summed E-state index contributed by atoms with van der Waals surface area (Å²) in [5.41, 5.74) is 2.53. The molecule has 1 aromatic carbocycles. The molecular weight excluding hydrogens is 308 g/mol. The van der Waals surface area contributed by atoms with Gasteiger partial charge in [-0.2, -0.15) is 5.10 Å². The van der Waals surface area contributed by atoms with Gasteiger partial charge in [0.15, 0.2) is 0 Å². The van der Waals surface area contributed by atoms with Gasteiger partial charge >= 0.3 is 0 Å². The van der Waals surface area contributed by atoms with E-state index < -0.39 is 0 Å². The maximum absolute atomic E-state index is 13.1. The Kier molecular flexibility index (Phi) is 4.08. The number of nitrogens with zero attached hydrogens (tertiary/aromatic N) is 4. The van der Waals surface area contributed by atoms with Gasteiger partial charge in [-0.1, -0.05) is 24.3 Å². The lowest BCUT2D eigenvalue weighted by atomic mass is 9.99. The first-order chi connectivity index (χ1) is 11.3. The molecule has 1 fully saturated rings. The van der Waals surface area contributed by atoms with Crippen molar-refractivity contribution in [1.82, 2.24) is 19.7 Å². The molecule has 2 aromatic rings. The number of likely N-dealkylation sites (tertiary alicyclic amines) is 1. The third kappa shape index (κ3) is 2.87. The SMILES string of the molecule is O=C([C@H]1SCCc2ccccc21)N1CCC[C@H](n2cncn2)C1. The van der Waals surface area contributed by atoms with Crippen LogP contribution in [0.15, 0.2) is 36.9 Å². The second-order valence-electron chi connectivity index (χ2n) is 6.16. The molecule has 0 spiro atoms. The summed E-state index contributed by atoms with van der Waals surface area (Å²) in [5, 5.41) is 4.20. The zero-order valence-electron chi connectivity index (χ0n) is 13.0. The van der Waals surface area contributed by atoms with Gasteiger partial charge in [-0.15, -0.1) is 11.8 Å². The van der Waals surface area contributed by atoms with Gasteiger partial charge in [0.05, 0.1) is 6.04 Å². The highest BCUT2D eigenvalue weighted by Crippen LogP contribution is 2.38. The Hall–Kier alpha value is -1.82. The Morgan fingerprint density at radius 3 is 3.09 bits per heavy atom. The number of thioether (sulfide) groups is 1. The molecule has 1 amide bonds. The Balaban J connectivity index is 1.53. The quantitative estimate of drug-likeness (QED) is 0.850. The van der Waals surface area contributed by atoms with Crippen LogP contribution in [0.2, 0.25) is 0 Å². The molecule has 120 valence electrons. The number of amides is 1. The molecule has 0 unspecified atom stereocenters. The average molecular weight is 328 g/mol. The highest BCUT2D eigenvalue weighted by molar-refractivity contribution is 8.00. The van der Waals surface area contributed by atoms with E-state index in [-0.39, 0.29) is 17.2 Å². The molecular formula is C17H20N4OS. The number of rotatable bonds is 2. The van der Waals surface area contributed by atoms with Crippen molar-refractivity contribution in [2.75, 3.05) is 18.8 Å². The highest BCUT2D eigenvalue weighted by Gasteiger charge is 2.33. The Morgan fingerprint density at radius 1 is 1.30 bits per heavy atom. The molecule has 0 bridgehead atoms. The van der Waals surface area contributed by atoms with Gasteiger partial charge in [0, 0.05) is 13.1 Å². The summed E-state index contributed by atoms with van der Waals surface area (Å²) in [6.07, 6.45) is 6.46. The van der Waals surface area contributed by atoms with Gasteiger partial charge in [0.2, 0.25) is 5.91 Å². The van der Waals surface area contributed by atoms with Gasteiger partial charge in [0.1, 0.15) is 17.9 Å². The number of hydrogen-bond donors (Lipinski definition) is 0. The maximum Gasteiger partial charge on any atom is 0.240 e. The minimum absolute atomic E-state index is 0.0468. The van der Waals surface area contributed by atoms with Crippen LogP contribution >= 0.6 is 11.8 Å². The van der Waals surface area contributed by atoms with Crippen molar-refractivity contribution in [3.05, 3.63) is 48.0 Å². The normalized spacial score (nSPS) is 24.3.